The van der Waals surface area contributed by atoms with Gasteiger partial charge in [0.05, 0.1) is 42.1 Å². The molecule has 0 radical (unpaired) electrons. The second-order valence-corrected chi connectivity index (χ2v) is 17.2. The maximum absolute atomic E-state index is 14.2. The number of esters is 1. The van der Waals surface area contributed by atoms with Gasteiger partial charge < -0.3 is 44.9 Å². The van der Waals surface area contributed by atoms with Crippen molar-refractivity contribution in [2.24, 2.45) is 0 Å². The van der Waals surface area contributed by atoms with Crippen LogP contribution in [0, 0.1) is 0 Å². The van der Waals surface area contributed by atoms with Crippen LogP contribution in [0.15, 0.2) is 83.7 Å². The van der Waals surface area contributed by atoms with Crippen LogP contribution in [0.25, 0.3) is 33.4 Å². The zero-order valence-electron chi connectivity index (χ0n) is 37.3. The van der Waals surface area contributed by atoms with E-state index in [0.29, 0.717) is 55.8 Å². The summed E-state index contributed by atoms with van der Waals surface area (Å²) < 4.78 is 12.3. The van der Waals surface area contributed by atoms with Gasteiger partial charge in [0.15, 0.2) is 5.60 Å². The van der Waals surface area contributed by atoms with E-state index in [4.69, 9.17) is 14.5 Å². The molecule has 17 heteroatoms. The highest BCUT2D eigenvalue weighted by Gasteiger charge is 2.46. The first-order chi connectivity index (χ1) is 32.4. The predicted octanol–water partition coefficient (Wildman–Crippen LogP) is 3.23. The maximum atomic E-state index is 14.2. The molecule has 5 aromatic rings. The number of nitrogens with zero attached hydrogens (tertiary/aromatic N) is 4. The lowest BCUT2D eigenvalue weighted by Gasteiger charge is -2.31. The number of aliphatic hydroxyl groups is 1. The van der Waals surface area contributed by atoms with Crippen molar-refractivity contribution in [3.8, 4) is 22.5 Å². The minimum Gasteiger partial charge on any atom is -0.458 e. The summed E-state index contributed by atoms with van der Waals surface area (Å²) in [4.78, 5) is 100. The van der Waals surface area contributed by atoms with Crippen molar-refractivity contribution in [3.05, 3.63) is 123 Å². The second kappa shape index (κ2) is 18.5. The van der Waals surface area contributed by atoms with E-state index in [1.807, 2.05) is 79.7 Å². The van der Waals surface area contributed by atoms with Gasteiger partial charge in [-0.15, -0.1) is 0 Å². The largest absolute Gasteiger partial charge is 0.458 e. The molecular weight excluding hydrogens is 859 g/mol. The zero-order valence-corrected chi connectivity index (χ0v) is 37.3. The summed E-state index contributed by atoms with van der Waals surface area (Å²) in [6.07, 6.45) is 0.720. The molecule has 0 spiro atoms. The van der Waals surface area contributed by atoms with Gasteiger partial charge in [0, 0.05) is 42.1 Å². The molecule has 3 aromatic carbocycles. The molecule has 67 heavy (non-hydrogen) atoms. The molecule has 4 N–H and O–H groups in total. The van der Waals surface area contributed by atoms with Crippen molar-refractivity contribution in [1.82, 2.24) is 35.3 Å². The molecule has 5 heterocycles. The van der Waals surface area contributed by atoms with Crippen molar-refractivity contribution in [2.75, 3.05) is 45.9 Å². The Morgan fingerprint density at radius 1 is 0.881 bits per heavy atom. The number of aromatic nitrogens is 2. The number of nitrogens with one attached hydrogen (secondary N) is 3. The molecule has 4 aliphatic rings. The van der Waals surface area contributed by atoms with Gasteiger partial charge in [-0.2, -0.15) is 0 Å². The smallest absolute Gasteiger partial charge is 0.407 e. The minimum absolute atomic E-state index is 0.0266. The molecular formula is C50H51N7O10. The number of alkyl carbamates (subject to hydrolysis) is 1. The van der Waals surface area contributed by atoms with Crippen LogP contribution in [0.5, 0.6) is 0 Å². The first kappa shape index (κ1) is 44.8. The van der Waals surface area contributed by atoms with Crippen molar-refractivity contribution in [3.63, 3.8) is 0 Å². The quantitative estimate of drug-likeness (QED) is 0.116. The number of rotatable bonds is 14. The molecule has 3 aliphatic heterocycles. The van der Waals surface area contributed by atoms with E-state index in [9.17, 15) is 38.7 Å². The average molecular weight is 910 g/mol. The normalized spacial score (nSPS) is 17.7. The van der Waals surface area contributed by atoms with Crippen LogP contribution >= 0.6 is 0 Å². The lowest BCUT2D eigenvalue weighted by atomic mass is 9.86. The Balaban J connectivity index is 0.775. The molecule has 1 fully saturated rings. The number of benzene rings is 3. The Morgan fingerprint density at radius 2 is 1.55 bits per heavy atom. The van der Waals surface area contributed by atoms with Gasteiger partial charge in [0.2, 0.25) is 23.6 Å². The zero-order chi connectivity index (χ0) is 47.0. The number of hydrogen-bond acceptors (Lipinski definition) is 11. The number of pyridine rings is 2. The highest BCUT2D eigenvalue weighted by molar-refractivity contribution is 5.93. The summed E-state index contributed by atoms with van der Waals surface area (Å²) in [6, 6.07) is 24.4. The molecule has 1 saturated heterocycles. The van der Waals surface area contributed by atoms with Crippen LogP contribution in [0.4, 0.5) is 4.79 Å². The number of carbonyl (C=O) groups excluding carboxylic acids is 6. The van der Waals surface area contributed by atoms with E-state index >= 15 is 0 Å². The van der Waals surface area contributed by atoms with Crippen molar-refractivity contribution in [1.29, 1.82) is 0 Å². The van der Waals surface area contributed by atoms with Gasteiger partial charge in [-0.25, -0.2) is 14.6 Å². The Morgan fingerprint density at radius 3 is 2.27 bits per heavy atom. The predicted molar refractivity (Wildman–Crippen MR) is 244 cm³/mol. The van der Waals surface area contributed by atoms with Crippen molar-refractivity contribution < 1.29 is 43.3 Å². The SMILES string of the molecule is CCN(CCc1c2c(nc3ccccc13)-c1cc3c(c(=O)n1C2)COC(=O)[C@]3(O)CC)C(=O)[C@@H]1CCCN1C(=O)CNC(=O)CNC(=O)CNC(=O)OCC1c2ccccc2-c2ccccc21. The molecule has 0 saturated carbocycles. The fourth-order valence-corrected chi connectivity index (χ4v) is 9.98. The van der Waals surface area contributed by atoms with Gasteiger partial charge in [-0.3, -0.25) is 24.0 Å². The van der Waals surface area contributed by atoms with Crippen molar-refractivity contribution >= 4 is 46.6 Å². The summed E-state index contributed by atoms with van der Waals surface area (Å²) in [5, 5.41) is 19.6. The Hall–Kier alpha value is -7.40. The molecule has 1 aliphatic carbocycles. The Labute approximate surface area is 385 Å². The van der Waals surface area contributed by atoms with E-state index in [2.05, 4.69) is 16.0 Å². The van der Waals surface area contributed by atoms with Crippen LogP contribution in [-0.2, 0) is 58.6 Å². The fourth-order valence-electron chi connectivity index (χ4n) is 9.98. The second-order valence-electron chi connectivity index (χ2n) is 17.2. The lowest BCUT2D eigenvalue weighted by Crippen LogP contribution is -2.51. The monoisotopic (exact) mass is 909 g/mol. The number of ether oxygens (including phenoxy) is 2. The van der Waals surface area contributed by atoms with Crippen LogP contribution in [0.3, 0.4) is 0 Å². The molecule has 0 bridgehead atoms. The summed E-state index contributed by atoms with van der Waals surface area (Å²) in [6.45, 7) is 3.35. The van der Waals surface area contributed by atoms with E-state index in [1.54, 1.807) is 22.5 Å². The van der Waals surface area contributed by atoms with E-state index < -0.39 is 54.5 Å². The lowest BCUT2D eigenvalue weighted by molar-refractivity contribution is -0.172. The Bertz CT molecular complexity index is 2870. The third kappa shape index (κ3) is 8.28. The summed E-state index contributed by atoms with van der Waals surface area (Å²) in [7, 11) is 0. The number of para-hydroxylation sites is 1. The van der Waals surface area contributed by atoms with Gasteiger partial charge in [0.25, 0.3) is 5.56 Å². The highest BCUT2D eigenvalue weighted by atomic mass is 16.6. The van der Waals surface area contributed by atoms with E-state index in [0.717, 1.165) is 38.8 Å². The first-order valence-corrected chi connectivity index (χ1v) is 22.7. The molecule has 17 nitrogen and oxygen atoms in total. The van der Waals surface area contributed by atoms with Gasteiger partial charge in [-0.05, 0) is 72.6 Å². The fraction of sp³-hybridized carbons (Fsp3) is 0.360. The molecule has 9 rings (SSSR count). The number of likely N-dealkylation sites (tertiary alicyclic amines) is 1. The van der Waals surface area contributed by atoms with Crippen LogP contribution in [0.2, 0.25) is 0 Å². The van der Waals surface area contributed by atoms with Crippen LogP contribution in [0.1, 0.15) is 72.4 Å². The maximum Gasteiger partial charge on any atom is 0.407 e. The molecule has 346 valence electrons. The van der Waals surface area contributed by atoms with Gasteiger partial charge in [-0.1, -0.05) is 73.7 Å². The highest BCUT2D eigenvalue weighted by Crippen LogP contribution is 2.45. The third-order valence-electron chi connectivity index (χ3n) is 13.5. The number of carbonyl (C=O) groups is 6. The molecule has 5 amide bonds. The summed E-state index contributed by atoms with van der Waals surface area (Å²) in [5.74, 6) is -2.84. The van der Waals surface area contributed by atoms with E-state index in [-0.39, 0.29) is 61.2 Å². The Kier molecular flexibility index (Phi) is 12.3. The van der Waals surface area contributed by atoms with E-state index in [1.165, 1.54) is 4.90 Å². The standard InChI is InChI=1S/C50H51N7O10/c1-3-50(65)38-22-41-45-35(26-57(41)46(61)37(38)28-66-48(50)63)33(34-16-9-10-17-39(34)54-45)19-21-55(4-2)47(62)40-18-11-20-56(40)44(60)25-52-42(58)23-51-43(59)24-53-49(64)67-27-36-31-14-7-5-12-29(31)30-13-6-8-15-32(30)36/h5-10,12-17,22,36,40,65H,3-4,11,18-21,23-28H2,1-2H3,(H,51,59)(H,52,58)(H,53,64)/t40-,50-/m0/s1. The topological polar surface area (TPSA) is 219 Å². The molecule has 2 aromatic heterocycles. The van der Waals surface area contributed by atoms with Crippen LogP contribution in [-0.4, -0.2) is 112 Å². The number of hydrogen-bond donors (Lipinski definition) is 4. The third-order valence-corrected chi connectivity index (χ3v) is 13.5. The molecule has 2 atom stereocenters. The van der Waals surface area contributed by atoms with Gasteiger partial charge >= 0.3 is 12.1 Å². The van der Waals surface area contributed by atoms with Crippen molar-refractivity contribution in [2.45, 2.75) is 70.2 Å². The number of amides is 5. The van der Waals surface area contributed by atoms with Gasteiger partial charge in [0.1, 0.15) is 25.8 Å². The number of fused-ring (bicyclic) bond motifs is 8. The summed E-state index contributed by atoms with van der Waals surface area (Å²) in [5.41, 5.74) is 5.91. The first-order valence-electron chi connectivity index (χ1n) is 22.7. The number of likely N-dealkylation sites (N-methyl/N-ethyl adjacent to an activating group) is 1. The van der Waals surface area contributed by atoms with Crippen LogP contribution < -0.4 is 21.5 Å². The minimum atomic E-state index is -1.96. The summed E-state index contributed by atoms with van der Waals surface area (Å²) >= 11 is 0. The average Bonchev–Trinajstić information content (AvgIpc) is 4.07. The number of cyclic esters (lactones) is 1. The molecule has 0 unspecified atom stereocenters.